The van der Waals surface area contributed by atoms with Gasteiger partial charge in [-0.2, -0.15) is 0 Å². The molecule has 0 heterocycles. The third kappa shape index (κ3) is 17.6. The SMILES string of the molecule is O=C(O)c1ccc(C(=O)O)c(Cl)c1.O=C(OC(F)(F)F)c1ccc(C(=O)OC(F)(F)F)cc1.O=C(OC(F)(F)F)c1ccc(C(=O)OC(F)(F)F)cc1. The number of hydrogen-bond donors (Lipinski definition) is 2. The molecular weight excluding hydrogens is 792 g/mol. The minimum atomic E-state index is -5.19. The van der Waals surface area contributed by atoms with E-state index in [4.69, 9.17) is 21.8 Å². The van der Waals surface area contributed by atoms with Crippen molar-refractivity contribution in [3.8, 4) is 0 Å². The molecular formula is C28H13ClF12O12. The lowest BCUT2D eigenvalue weighted by molar-refractivity contribution is -0.293. The van der Waals surface area contributed by atoms with E-state index >= 15 is 0 Å². The third-order valence-corrected chi connectivity index (χ3v) is 5.31. The average molecular weight is 805 g/mol. The van der Waals surface area contributed by atoms with Gasteiger partial charge in [-0.25, -0.2) is 28.8 Å². The first-order chi connectivity index (χ1) is 24.0. The van der Waals surface area contributed by atoms with E-state index in [0.717, 1.165) is 12.1 Å². The summed E-state index contributed by atoms with van der Waals surface area (Å²) in [7, 11) is 0. The van der Waals surface area contributed by atoms with Crippen molar-refractivity contribution in [1.29, 1.82) is 0 Å². The second-order valence-electron chi connectivity index (χ2n) is 8.80. The van der Waals surface area contributed by atoms with Crippen LogP contribution in [0.5, 0.6) is 0 Å². The van der Waals surface area contributed by atoms with Crippen LogP contribution in [0.1, 0.15) is 62.1 Å². The van der Waals surface area contributed by atoms with E-state index in [1.807, 2.05) is 0 Å². The number of carboxylic acids is 2. The predicted molar refractivity (Wildman–Crippen MR) is 144 cm³/mol. The van der Waals surface area contributed by atoms with Crippen molar-refractivity contribution >= 4 is 47.4 Å². The minimum Gasteiger partial charge on any atom is -0.478 e. The van der Waals surface area contributed by atoms with Crippen LogP contribution >= 0.6 is 11.6 Å². The molecule has 12 nitrogen and oxygen atoms in total. The molecule has 0 aromatic heterocycles. The monoisotopic (exact) mass is 804 g/mol. The largest absolute Gasteiger partial charge is 0.575 e. The molecule has 3 rings (SSSR count). The Hall–Kier alpha value is -6.07. The number of ether oxygens (including phenoxy) is 4. The lowest BCUT2D eigenvalue weighted by Crippen LogP contribution is -2.20. The predicted octanol–water partition coefficient (Wildman–Crippen LogP) is 7.82. The summed E-state index contributed by atoms with van der Waals surface area (Å²) >= 11 is 5.52. The summed E-state index contributed by atoms with van der Waals surface area (Å²) in [5.74, 6) is -9.34. The first-order valence-electron chi connectivity index (χ1n) is 12.6. The van der Waals surface area contributed by atoms with E-state index in [0.29, 0.717) is 48.5 Å². The summed E-state index contributed by atoms with van der Waals surface area (Å²) in [5, 5.41) is 17.0. The highest BCUT2D eigenvalue weighted by atomic mass is 35.5. The Morgan fingerprint density at radius 3 is 0.811 bits per heavy atom. The number of alkyl halides is 12. The quantitative estimate of drug-likeness (QED) is 0.140. The molecule has 0 spiro atoms. The summed E-state index contributed by atoms with van der Waals surface area (Å²) in [4.78, 5) is 64.6. The van der Waals surface area contributed by atoms with Gasteiger partial charge in [0.05, 0.1) is 38.4 Å². The molecule has 0 bridgehead atoms. The lowest BCUT2D eigenvalue weighted by Gasteiger charge is -2.08. The molecule has 0 radical (unpaired) electrons. The van der Waals surface area contributed by atoms with Gasteiger partial charge in [-0.1, -0.05) is 11.6 Å². The van der Waals surface area contributed by atoms with Crippen molar-refractivity contribution in [3.05, 3.63) is 105 Å². The fraction of sp³-hybridized carbons (Fsp3) is 0.143. The topological polar surface area (TPSA) is 180 Å². The number of benzene rings is 3. The fourth-order valence-corrected chi connectivity index (χ4v) is 3.22. The first kappa shape index (κ1) is 45.0. The van der Waals surface area contributed by atoms with Gasteiger partial charge in [0.15, 0.2) is 0 Å². The number of halogens is 13. The molecule has 0 fully saturated rings. The van der Waals surface area contributed by atoms with Gasteiger partial charge in [0.1, 0.15) is 0 Å². The van der Waals surface area contributed by atoms with Gasteiger partial charge in [-0.05, 0) is 66.7 Å². The van der Waals surface area contributed by atoms with E-state index < -0.39 is 83.5 Å². The molecule has 3 aromatic carbocycles. The van der Waals surface area contributed by atoms with E-state index in [9.17, 15) is 81.5 Å². The Bertz CT molecular complexity index is 1610. The van der Waals surface area contributed by atoms with E-state index in [1.54, 1.807) is 0 Å². The molecule has 25 heteroatoms. The molecule has 0 saturated heterocycles. The van der Waals surface area contributed by atoms with E-state index in [2.05, 4.69) is 18.9 Å². The Morgan fingerprint density at radius 1 is 0.415 bits per heavy atom. The lowest BCUT2D eigenvalue weighted by atomic mass is 10.1. The van der Waals surface area contributed by atoms with Gasteiger partial charge in [-0.15, -0.1) is 52.7 Å². The van der Waals surface area contributed by atoms with Crippen LogP contribution in [0.4, 0.5) is 52.7 Å². The van der Waals surface area contributed by atoms with Crippen LogP contribution in [0, 0.1) is 0 Å². The number of carbonyl (C=O) groups excluding carboxylic acids is 4. The van der Waals surface area contributed by atoms with Crippen LogP contribution in [0.15, 0.2) is 66.7 Å². The molecule has 53 heavy (non-hydrogen) atoms. The summed E-state index contributed by atoms with van der Waals surface area (Å²) in [6.07, 6.45) is -20.8. The van der Waals surface area contributed by atoms with Crippen molar-refractivity contribution in [2.24, 2.45) is 0 Å². The Morgan fingerprint density at radius 2 is 0.642 bits per heavy atom. The van der Waals surface area contributed by atoms with Crippen LogP contribution in [-0.2, 0) is 18.9 Å². The van der Waals surface area contributed by atoms with Gasteiger partial charge in [0.25, 0.3) is 0 Å². The number of esters is 4. The summed E-state index contributed by atoms with van der Waals surface area (Å²) in [6, 6.07) is 9.02. The molecule has 0 aliphatic carbocycles. The van der Waals surface area contributed by atoms with Crippen LogP contribution in [0.25, 0.3) is 0 Å². The standard InChI is InChI=1S/2C10H4F6O4.C8H5ClO4/c2*11-9(12,13)19-7(17)5-1-2-6(4-3-5)8(18)20-10(14,15)16;9-6-3-4(7(10)11)1-2-5(6)8(12)13/h2*1-4H;1-3H,(H,10,11)(H,12,13). The van der Waals surface area contributed by atoms with Crippen LogP contribution in [0.3, 0.4) is 0 Å². The molecule has 0 saturated carbocycles. The summed E-state index contributed by atoms with van der Waals surface area (Å²) in [6.45, 7) is 0. The number of aromatic carboxylic acids is 2. The average Bonchev–Trinajstić information content (AvgIpc) is 2.98. The second kappa shape index (κ2) is 17.9. The summed E-state index contributed by atoms with van der Waals surface area (Å²) < 4.78 is 153. The van der Waals surface area contributed by atoms with E-state index in [1.165, 1.54) is 6.07 Å². The van der Waals surface area contributed by atoms with Crippen molar-refractivity contribution in [3.63, 3.8) is 0 Å². The second-order valence-corrected chi connectivity index (χ2v) is 9.21. The van der Waals surface area contributed by atoms with Crippen molar-refractivity contribution < 1.29 is 111 Å². The highest BCUT2D eigenvalue weighted by Crippen LogP contribution is 2.23. The highest BCUT2D eigenvalue weighted by molar-refractivity contribution is 6.33. The van der Waals surface area contributed by atoms with Gasteiger partial charge >= 0.3 is 61.3 Å². The van der Waals surface area contributed by atoms with Gasteiger partial charge in [0, 0.05) is 0 Å². The maximum atomic E-state index is 11.7. The van der Waals surface area contributed by atoms with Crippen molar-refractivity contribution in [2.45, 2.75) is 25.4 Å². The molecule has 0 aliphatic rings. The van der Waals surface area contributed by atoms with Gasteiger partial charge in [-0.3, -0.25) is 0 Å². The van der Waals surface area contributed by atoms with Gasteiger partial charge < -0.3 is 29.2 Å². The van der Waals surface area contributed by atoms with Gasteiger partial charge in [0.2, 0.25) is 0 Å². The highest BCUT2D eigenvalue weighted by Gasteiger charge is 2.37. The molecule has 288 valence electrons. The molecule has 0 unspecified atom stereocenters. The fourth-order valence-electron chi connectivity index (χ4n) is 2.96. The molecule has 3 aromatic rings. The van der Waals surface area contributed by atoms with Crippen LogP contribution in [-0.4, -0.2) is 71.5 Å². The minimum absolute atomic E-state index is 0.0324. The Kier molecular flexibility index (Phi) is 15.2. The summed E-state index contributed by atoms with van der Waals surface area (Å²) in [5.41, 5.74) is -2.50. The zero-order valence-corrected chi connectivity index (χ0v) is 25.5. The Labute approximate surface area is 289 Å². The smallest absolute Gasteiger partial charge is 0.478 e. The number of carboxylic acid groups (broad SMARTS) is 2. The van der Waals surface area contributed by atoms with Crippen LogP contribution in [0.2, 0.25) is 5.02 Å². The molecule has 2 N–H and O–H groups in total. The molecule has 0 amide bonds. The number of carbonyl (C=O) groups is 6. The zero-order chi connectivity index (χ0) is 41.1. The third-order valence-electron chi connectivity index (χ3n) is 4.99. The zero-order valence-electron chi connectivity index (χ0n) is 24.7. The normalized spacial score (nSPS) is 11.3. The number of rotatable bonds is 6. The van der Waals surface area contributed by atoms with Crippen molar-refractivity contribution in [1.82, 2.24) is 0 Å². The van der Waals surface area contributed by atoms with Crippen molar-refractivity contribution in [2.75, 3.05) is 0 Å². The molecule has 0 atom stereocenters. The first-order valence-corrected chi connectivity index (χ1v) is 13.0. The Balaban J connectivity index is 0.000000407. The van der Waals surface area contributed by atoms with Crippen LogP contribution < -0.4 is 0 Å². The maximum absolute atomic E-state index is 11.7. The maximum Gasteiger partial charge on any atom is 0.575 e. The van der Waals surface area contributed by atoms with E-state index in [-0.39, 0.29) is 16.1 Å². The number of hydrogen-bond acceptors (Lipinski definition) is 10. The molecule has 0 aliphatic heterocycles.